The van der Waals surface area contributed by atoms with Crippen LogP contribution < -0.4 is 5.32 Å². The lowest BCUT2D eigenvalue weighted by Crippen LogP contribution is -2.50. The van der Waals surface area contributed by atoms with Crippen LogP contribution in [0.5, 0.6) is 0 Å². The van der Waals surface area contributed by atoms with E-state index in [2.05, 4.69) is 5.32 Å². The molecule has 0 amide bonds. The van der Waals surface area contributed by atoms with Crippen LogP contribution >= 0.6 is 11.8 Å². The van der Waals surface area contributed by atoms with Crippen molar-refractivity contribution in [2.45, 2.75) is 43.7 Å². The quantitative estimate of drug-likeness (QED) is 0.672. The number of thioether (sulfide) groups is 1. The third-order valence-electron chi connectivity index (χ3n) is 3.24. The molecule has 2 N–H and O–H groups in total. The minimum absolute atomic E-state index is 0.366. The first kappa shape index (κ1) is 9.81. The Morgan fingerprint density at radius 3 is 3.00 bits per heavy atom. The Bertz CT molecular complexity index is 160. The van der Waals surface area contributed by atoms with Gasteiger partial charge < -0.3 is 10.4 Å². The van der Waals surface area contributed by atoms with Gasteiger partial charge in [0.1, 0.15) is 0 Å². The molecular weight excluding hydrogens is 182 g/mol. The Labute approximate surface area is 84.5 Å². The molecule has 13 heavy (non-hydrogen) atoms. The summed E-state index contributed by atoms with van der Waals surface area (Å²) in [5.41, 5.74) is -0.394. The predicted molar refractivity (Wildman–Crippen MR) is 57.2 cm³/mol. The Morgan fingerprint density at radius 2 is 2.23 bits per heavy atom. The molecular formula is C10H19NOS. The third-order valence-corrected chi connectivity index (χ3v) is 4.44. The second-order valence-electron chi connectivity index (χ2n) is 4.26. The molecule has 0 spiro atoms. The molecule has 2 rings (SSSR count). The zero-order chi connectivity index (χ0) is 9.15. The zero-order valence-corrected chi connectivity index (χ0v) is 8.91. The highest BCUT2D eigenvalue weighted by molar-refractivity contribution is 7.99. The van der Waals surface area contributed by atoms with Crippen molar-refractivity contribution in [1.29, 1.82) is 0 Å². The van der Waals surface area contributed by atoms with Gasteiger partial charge in [-0.05, 0) is 31.6 Å². The van der Waals surface area contributed by atoms with Crippen molar-refractivity contribution in [1.82, 2.24) is 5.32 Å². The van der Waals surface area contributed by atoms with E-state index in [-0.39, 0.29) is 0 Å². The smallest absolute Gasteiger partial charge is 0.0897 e. The predicted octanol–water partition coefficient (Wildman–Crippen LogP) is 1.39. The maximum Gasteiger partial charge on any atom is 0.0897 e. The highest BCUT2D eigenvalue weighted by Crippen LogP contribution is 2.33. The Balaban J connectivity index is 1.96. The zero-order valence-electron chi connectivity index (χ0n) is 8.09. The van der Waals surface area contributed by atoms with Crippen molar-refractivity contribution in [3.8, 4) is 0 Å². The number of rotatable bonds is 1. The molecule has 2 unspecified atom stereocenters. The van der Waals surface area contributed by atoms with Gasteiger partial charge in [-0.25, -0.2) is 0 Å². The molecule has 0 bridgehead atoms. The molecule has 0 saturated carbocycles. The van der Waals surface area contributed by atoms with E-state index in [1.165, 1.54) is 19.3 Å². The van der Waals surface area contributed by atoms with Gasteiger partial charge in [0.25, 0.3) is 0 Å². The summed E-state index contributed by atoms with van der Waals surface area (Å²) < 4.78 is 0. The van der Waals surface area contributed by atoms with E-state index >= 15 is 0 Å². The average molecular weight is 201 g/mol. The fraction of sp³-hybridized carbons (Fsp3) is 1.00. The number of nitrogens with one attached hydrogen (secondary N) is 1. The Hall–Kier alpha value is 0.270. The third kappa shape index (κ3) is 2.20. The molecule has 2 atom stereocenters. The second kappa shape index (κ2) is 4.20. The second-order valence-corrected chi connectivity index (χ2v) is 5.37. The molecule has 2 saturated heterocycles. The standard InChI is InChI=1S/C10H19NOS/c12-10(5-7-13-8-10)9-4-2-1-3-6-11-9/h9,11-12H,1-8H2. The fourth-order valence-electron chi connectivity index (χ4n) is 2.33. The van der Waals surface area contributed by atoms with Gasteiger partial charge in [-0.1, -0.05) is 12.8 Å². The molecule has 2 nitrogen and oxygen atoms in total. The number of aliphatic hydroxyl groups is 1. The summed E-state index contributed by atoms with van der Waals surface area (Å²) >= 11 is 1.89. The molecule has 0 aromatic carbocycles. The molecule has 3 heteroatoms. The van der Waals surface area contributed by atoms with Gasteiger partial charge in [-0.2, -0.15) is 11.8 Å². The van der Waals surface area contributed by atoms with Crippen LogP contribution in [0.25, 0.3) is 0 Å². The molecule has 76 valence electrons. The van der Waals surface area contributed by atoms with Gasteiger partial charge in [0, 0.05) is 11.8 Å². The van der Waals surface area contributed by atoms with Crippen LogP contribution in [0, 0.1) is 0 Å². The Morgan fingerprint density at radius 1 is 1.31 bits per heavy atom. The van der Waals surface area contributed by atoms with Crippen LogP contribution in [0.15, 0.2) is 0 Å². The van der Waals surface area contributed by atoms with E-state index in [1.807, 2.05) is 11.8 Å². The van der Waals surface area contributed by atoms with Gasteiger partial charge in [-0.15, -0.1) is 0 Å². The highest BCUT2D eigenvalue weighted by atomic mass is 32.2. The minimum atomic E-state index is -0.394. The van der Waals surface area contributed by atoms with E-state index in [0.717, 1.165) is 30.9 Å². The SMILES string of the molecule is OC1(C2CCCCCN2)CCSC1. The van der Waals surface area contributed by atoms with E-state index in [0.29, 0.717) is 6.04 Å². The molecule has 2 aliphatic rings. The minimum Gasteiger partial charge on any atom is -0.387 e. The lowest BCUT2D eigenvalue weighted by molar-refractivity contribution is 0.0254. The maximum atomic E-state index is 10.4. The van der Waals surface area contributed by atoms with Gasteiger partial charge in [0.2, 0.25) is 0 Å². The van der Waals surface area contributed by atoms with Crippen molar-refractivity contribution in [3.63, 3.8) is 0 Å². The van der Waals surface area contributed by atoms with Crippen molar-refractivity contribution < 1.29 is 5.11 Å². The average Bonchev–Trinajstić information content (AvgIpc) is 2.44. The van der Waals surface area contributed by atoms with Crippen LogP contribution in [-0.4, -0.2) is 34.8 Å². The fourth-order valence-corrected chi connectivity index (χ4v) is 3.67. The van der Waals surface area contributed by atoms with Crippen LogP contribution in [0.4, 0.5) is 0 Å². The molecule has 2 fully saturated rings. The van der Waals surface area contributed by atoms with Crippen LogP contribution in [-0.2, 0) is 0 Å². The van der Waals surface area contributed by atoms with E-state index in [1.54, 1.807) is 0 Å². The number of hydrogen-bond acceptors (Lipinski definition) is 3. The summed E-state index contributed by atoms with van der Waals surface area (Å²) in [6, 6.07) is 0.366. The maximum absolute atomic E-state index is 10.4. The molecule has 0 aliphatic carbocycles. The van der Waals surface area contributed by atoms with Gasteiger partial charge in [0.15, 0.2) is 0 Å². The molecule has 0 aromatic heterocycles. The van der Waals surface area contributed by atoms with Crippen LogP contribution in [0.3, 0.4) is 0 Å². The van der Waals surface area contributed by atoms with Crippen molar-refractivity contribution in [2.75, 3.05) is 18.1 Å². The van der Waals surface area contributed by atoms with E-state index < -0.39 is 5.60 Å². The first-order valence-electron chi connectivity index (χ1n) is 5.35. The lowest BCUT2D eigenvalue weighted by atomic mass is 9.90. The molecule has 0 radical (unpaired) electrons. The van der Waals surface area contributed by atoms with Crippen molar-refractivity contribution in [3.05, 3.63) is 0 Å². The first-order chi connectivity index (χ1) is 6.31. The molecule has 0 aromatic rings. The normalized spacial score (nSPS) is 41.8. The summed E-state index contributed by atoms with van der Waals surface area (Å²) in [5.74, 6) is 2.07. The topological polar surface area (TPSA) is 32.3 Å². The lowest BCUT2D eigenvalue weighted by Gasteiger charge is -2.31. The van der Waals surface area contributed by atoms with E-state index in [9.17, 15) is 5.11 Å². The molecule has 2 aliphatic heterocycles. The highest BCUT2D eigenvalue weighted by Gasteiger charge is 2.39. The van der Waals surface area contributed by atoms with Crippen LogP contribution in [0.2, 0.25) is 0 Å². The monoisotopic (exact) mass is 201 g/mol. The van der Waals surface area contributed by atoms with E-state index in [4.69, 9.17) is 0 Å². The van der Waals surface area contributed by atoms with Crippen molar-refractivity contribution in [2.24, 2.45) is 0 Å². The summed E-state index contributed by atoms with van der Waals surface area (Å²) in [7, 11) is 0. The van der Waals surface area contributed by atoms with Crippen LogP contribution in [0.1, 0.15) is 32.1 Å². The largest absolute Gasteiger partial charge is 0.387 e. The summed E-state index contributed by atoms with van der Waals surface area (Å²) in [4.78, 5) is 0. The first-order valence-corrected chi connectivity index (χ1v) is 6.50. The summed E-state index contributed by atoms with van der Waals surface area (Å²) in [5, 5.41) is 13.9. The summed E-state index contributed by atoms with van der Waals surface area (Å²) in [6.07, 6.45) is 6.03. The summed E-state index contributed by atoms with van der Waals surface area (Å²) in [6.45, 7) is 1.09. The van der Waals surface area contributed by atoms with Crippen molar-refractivity contribution >= 4 is 11.8 Å². The molecule has 2 heterocycles. The van der Waals surface area contributed by atoms with Gasteiger partial charge in [-0.3, -0.25) is 0 Å². The van der Waals surface area contributed by atoms with Gasteiger partial charge in [0.05, 0.1) is 5.60 Å². The Kier molecular flexibility index (Phi) is 3.17. The number of hydrogen-bond donors (Lipinski definition) is 2. The van der Waals surface area contributed by atoms with Gasteiger partial charge >= 0.3 is 0 Å².